The molecule has 3 aliphatic rings. The molecular formula is C14H23NO5. The lowest BCUT2D eigenvalue weighted by molar-refractivity contribution is -0.221. The van der Waals surface area contributed by atoms with Crippen molar-refractivity contribution in [3.05, 3.63) is 0 Å². The molecule has 6 nitrogen and oxygen atoms in total. The van der Waals surface area contributed by atoms with Crippen LogP contribution in [0, 0.1) is 0 Å². The highest BCUT2D eigenvalue weighted by atomic mass is 16.8. The fourth-order valence-electron chi connectivity index (χ4n) is 3.86. The SMILES string of the molecule is CC(=O)NC1(C)[C@H](O)[C@@H]2OC3(CCCCC3)O[C@@H]2[C@H]1O. The van der Waals surface area contributed by atoms with E-state index >= 15 is 0 Å². The summed E-state index contributed by atoms with van der Waals surface area (Å²) in [7, 11) is 0. The van der Waals surface area contributed by atoms with Gasteiger partial charge in [-0.3, -0.25) is 4.79 Å². The first-order chi connectivity index (χ1) is 9.38. The lowest BCUT2D eigenvalue weighted by Gasteiger charge is -2.38. The number of carbonyl (C=O) groups excluding carboxylic acids is 1. The first-order valence-electron chi connectivity index (χ1n) is 7.38. The van der Waals surface area contributed by atoms with E-state index in [0.29, 0.717) is 0 Å². The van der Waals surface area contributed by atoms with Crippen LogP contribution in [0.5, 0.6) is 0 Å². The van der Waals surface area contributed by atoms with E-state index in [-0.39, 0.29) is 5.91 Å². The molecule has 5 atom stereocenters. The van der Waals surface area contributed by atoms with Crippen LogP contribution in [0.2, 0.25) is 0 Å². The Kier molecular flexibility index (Phi) is 3.32. The zero-order valence-corrected chi connectivity index (χ0v) is 12.0. The second-order valence-corrected chi connectivity index (χ2v) is 6.49. The molecule has 2 saturated carbocycles. The van der Waals surface area contributed by atoms with Crippen molar-refractivity contribution in [1.29, 1.82) is 0 Å². The van der Waals surface area contributed by atoms with Crippen LogP contribution in [0.3, 0.4) is 0 Å². The van der Waals surface area contributed by atoms with Crippen LogP contribution in [-0.2, 0) is 14.3 Å². The number of fused-ring (bicyclic) bond motifs is 1. The molecule has 3 fully saturated rings. The molecule has 0 radical (unpaired) electrons. The molecule has 1 saturated heterocycles. The summed E-state index contributed by atoms with van der Waals surface area (Å²) < 4.78 is 12.0. The molecule has 20 heavy (non-hydrogen) atoms. The summed E-state index contributed by atoms with van der Waals surface area (Å²) >= 11 is 0. The third-order valence-corrected chi connectivity index (χ3v) is 4.94. The van der Waals surface area contributed by atoms with Gasteiger partial charge in [0.25, 0.3) is 0 Å². The minimum absolute atomic E-state index is 0.294. The number of carbonyl (C=O) groups is 1. The largest absolute Gasteiger partial charge is 0.388 e. The Balaban J connectivity index is 1.80. The lowest BCUT2D eigenvalue weighted by Crippen LogP contribution is -2.60. The van der Waals surface area contributed by atoms with Crippen molar-refractivity contribution in [1.82, 2.24) is 5.32 Å². The number of rotatable bonds is 1. The third-order valence-electron chi connectivity index (χ3n) is 4.94. The molecule has 1 spiro atoms. The second kappa shape index (κ2) is 4.66. The predicted molar refractivity (Wildman–Crippen MR) is 69.8 cm³/mol. The third kappa shape index (κ3) is 1.97. The van der Waals surface area contributed by atoms with Gasteiger partial charge in [-0.25, -0.2) is 0 Å². The molecule has 1 unspecified atom stereocenters. The van der Waals surface area contributed by atoms with Gasteiger partial charge in [-0.2, -0.15) is 0 Å². The molecule has 114 valence electrons. The van der Waals surface area contributed by atoms with Gasteiger partial charge in [0.15, 0.2) is 5.79 Å². The summed E-state index contributed by atoms with van der Waals surface area (Å²) in [4.78, 5) is 11.3. The summed E-state index contributed by atoms with van der Waals surface area (Å²) in [6.45, 7) is 2.99. The highest BCUT2D eigenvalue weighted by Gasteiger charge is 2.65. The Bertz CT molecular complexity index is 386. The second-order valence-electron chi connectivity index (χ2n) is 6.49. The summed E-state index contributed by atoms with van der Waals surface area (Å²) in [5.74, 6) is -0.939. The normalized spacial score (nSPS) is 46.4. The van der Waals surface area contributed by atoms with Gasteiger partial charge in [0.05, 0.1) is 5.54 Å². The molecule has 1 heterocycles. The monoisotopic (exact) mass is 285 g/mol. The Morgan fingerprint density at radius 2 is 1.60 bits per heavy atom. The van der Waals surface area contributed by atoms with Crippen LogP contribution in [-0.4, -0.2) is 51.9 Å². The Labute approximate surface area is 118 Å². The highest BCUT2D eigenvalue weighted by molar-refractivity contribution is 5.74. The number of amides is 1. The standard InChI is InChI=1S/C14H23NO5/c1-8(16)15-13(2)11(17)9-10(12(13)18)20-14(19-9)6-4-3-5-7-14/h9-12,17-18H,3-7H2,1-2H3,(H,15,16)/t9-,10+,11-,12-,13?/m1/s1. The minimum atomic E-state index is -1.13. The molecule has 0 aromatic carbocycles. The number of aliphatic hydroxyl groups excluding tert-OH is 2. The number of ether oxygens (including phenoxy) is 2. The van der Waals surface area contributed by atoms with E-state index in [1.54, 1.807) is 6.92 Å². The summed E-state index contributed by atoms with van der Waals surface area (Å²) in [5.41, 5.74) is -1.13. The summed E-state index contributed by atoms with van der Waals surface area (Å²) in [6, 6.07) is 0. The molecule has 2 aliphatic carbocycles. The van der Waals surface area contributed by atoms with Gasteiger partial charge in [0.1, 0.15) is 24.4 Å². The van der Waals surface area contributed by atoms with Gasteiger partial charge < -0.3 is 25.0 Å². The predicted octanol–water partition coefficient (Wildman–Crippen LogP) is 0.0610. The molecule has 6 heteroatoms. The van der Waals surface area contributed by atoms with Crippen molar-refractivity contribution in [3.8, 4) is 0 Å². The number of aliphatic hydroxyl groups is 2. The highest BCUT2D eigenvalue weighted by Crippen LogP contribution is 2.48. The van der Waals surface area contributed by atoms with Crippen LogP contribution in [0.4, 0.5) is 0 Å². The zero-order valence-electron chi connectivity index (χ0n) is 12.0. The number of nitrogens with one attached hydrogen (secondary N) is 1. The molecule has 1 aliphatic heterocycles. The van der Waals surface area contributed by atoms with E-state index in [1.807, 2.05) is 0 Å². The molecule has 0 aromatic heterocycles. The fraction of sp³-hybridized carbons (Fsp3) is 0.929. The maximum atomic E-state index is 11.3. The van der Waals surface area contributed by atoms with Crippen molar-refractivity contribution in [2.24, 2.45) is 0 Å². The van der Waals surface area contributed by atoms with Crippen LogP contribution in [0.25, 0.3) is 0 Å². The van der Waals surface area contributed by atoms with Crippen molar-refractivity contribution >= 4 is 5.91 Å². The van der Waals surface area contributed by atoms with Gasteiger partial charge in [0, 0.05) is 19.8 Å². The van der Waals surface area contributed by atoms with Gasteiger partial charge in [-0.1, -0.05) is 6.42 Å². The van der Waals surface area contributed by atoms with Crippen LogP contribution < -0.4 is 5.32 Å². The minimum Gasteiger partial charge on any atom is -0.388 e. The summed E-state index contributed by atoms with van der Waals surface area (Å²) in [6.07, 6.45) is 1.72. The molecule has 1 amide bonds. The maximum Gasteiger partial charge on any atom is 0.217 e. The quantitative estimate of drug-likeness (QED) is 0.634. The van der Waals surface area contributed by atoms with Gasteiger partial charge in [0.2, 0.25) is 5.91 Å². The van der Waals surface area contributed by atoms with E-state index in [1.165, 1.54) is 13.3 Å². The first-order valence-corrected chi connectivity index (χ1v) is 7.38. The molecular weight excluding hydrogens is 262 g/mol. The van der Waals surface area contributed by atoms with Crippen LogP contribution in [0.15, 0.2) is 0 Å². The van der Waals surface area contributed by atoms with Crippen LogP contribution in [0.1, 0.15) is 46.0 Å². The van der Waals surface area contributed by atoms with Gasteiger partial charge >= 0.3 is 0 Å². The molecule has 3 N–H and O–H groups in total. The average molecular weight is 285 g/mol. The van der Waals surface area contributed by atoms with E-state index in [0.717, 1.165) is 25.7 Å². The average Bonchev–Trinajstić information content (AvgIpc) is 2.82. The van der Waals surface area contributed by atoms with Crippen molar-refractivity contribution in [2.45, 2.75) is 81.7 Å². The summed E-state index contributed by atoms with van der Waals surface area (Å²) in [5, 5.41) is 23.6. The molecule has 0 bridgehead atoms. The molecule has 0 aromatic rings. The van der Waals surface area contributed by atoms with Gasteiger partial charge in [-0.15, -0.1) is 0 Å². The topological polar surface area (TPSA) is 88.0 Å². The Morgan fingerprint density at radius 1 is 1.10 bits per heavy atom. The maximum absolute atomic E-state index is 11.3. The van der Waals surface area contributed by atoms with Crippen molar-refractivity contribution in [3.63, 3.8) is 0 Å². The van der Waals surface area contributed by atoms with E-state index in [9.17, 15) is 15.0 Å². The van der Waals surface area contributed by atoms with Crippen molar-refractivity contribution in [2.75, 3.05) is 0 Å². The van der Waals surface area contributed by atoms with E-state index in [4.69, 9.17) is 9.47 Å². The first kappa shape index (κ1) is 14.3. The molecule has 3 rings (SSSR count). The lowest BCUT2D eigenvalue weighted by atomic mass is 9.92. The van der Waals surface area contributed by atoms with Crippen LogP contribution >= 0.6 is 0 Å². The fourth-order valence-corrected chi connectivity index (χ4v) is 3.86. The van der Waals surface area contributed by atoms with E-state index < -0.39 is 35.7 Å². The Hall–Kier alpha value is -0.690. The number of hydrogen-bond donors (Lipinski definition) is 3. The van der Waals surface area contributed by atoms with E-state index in [2.05, 4.69) is 5.32 Å². The van der Waals surface area contributed by atoms with Crippen molar-refractivity contribution < 1.29 is 24.5 Å². The Morgan fingerprint density at radius 3 is 2.05 bits per heavy atom. The van der Waals surface area contributed by atoms with Gasteiger partial charge in [-0.05, 0) is 19.8 Å². The smallest absolute Gasteiger partial charge is 0.217 e. The number of hydrogen-bond acceptors (Lipinski definition) is 5. The zero-order chi connectivity index (χ0) is 14.5.